The van der Waals surface area contributed by atoms with E-state index in [1.165, 1.54) is 0 Å². The third-order valence-electron chi connectivity index (χ3n) is 0.201. The first-order valence-electron chi connectivity index (χ1n) is 1.19. The molecule has 0 aliphatic carbocycles. The van der Waals surface area contributed by atoms with Crippen LogP contribution in [-0.2, 0) is 4.79 Å². The molecule has 1 amide bonds. The van der Waals surface area contributed by atoms with Crippen LogP contribution in [-0.4, -0.2) is 43.6 Å². The van der Waals surface area contributed by atoms with E-state index in [-0.39, 0.29) is 50.1 Å². The second kappa shape index (κ2) is 9.90. The van der Waals surface area contributed by atoms with Crippen molar-refractivity contribution in [2.75, 3.05) is 0 Å². The van der Waals surface area contributed by atoms with Gasteiger partial charge in [-0.15, -0.1) is 12.4 Å². The number of halogens is 1. The Labute approximate surface area is 78.5 Å². The molecule has 4 heteroatoms. The molecule has 0 spiro atoms. The summed E-state index contributed by atoms with van der Waals surface area (Å²) in [6.45, 7) is 3.09. The fourth-order valence-electron chi connectivity index (χ4n) is 0. The van der Waals surface area contributed by atoms with Crippen LogP contribution in [0.1, 0.15) is 0 Å². The molecule has 0 saturated heterocycles. The number of amides is 1. The molecule has 0 aromatic rings. The Hall–Kier alpha value is 0.760. The van der Waals surface area contributed by atoms with Crippen molar-refractivity contribution in [2.24, 2.45) is 5.73 Å². The van der Waals surface area contributed by atoms with Crippen LogP contribution in [0, 0.1) is 0 Å². The van der Waals surface area contributed by atoms with E-state index in [1.807, 2.05) is 0 Å². The zero-order chi connectivity index (χ0) is 4.28. The average Bonchev–Trinajstić information content (AvgIpc) is 1.38. The normalized spacial score (nSPS) is 4.57. The molecule has 0 bridgehead atoms. The van der Waals surface area contributed by atoms with Crippen molar-refractivity contribution < 1.29 is 4.79 Å². The van der Waals surface area contributed by atoms with E-state index in [0.717, 1.165) is 6.08 Å². The number of hydrogen-bond donors (Lipinski definition) is 1. The molecule has 0 unspecified atom stereocenters. The van der Waals surface area contributed by atoms with E-state index < -0.39 is 5.91 Å². The Morgan fingerprint density at radius 2 is 1.86 bits per heavy atom. The molecular weight excluding hydrogens is 142 g/mol. The fraction of sp³-hybridized carbons (Fsp3) is 0. The monoisotopic (exact) mass is 149 g/mol. The molecule has 0 aliphatic heterocycles. The minimum absolute atomic E-state index is 0. The van der Waals surface area contributed by atoms with Gasteiger partial charge in [0.1, 0.15) is 0 Å². The first kappa shape index (κ1) is 15.7. The zero-order valence-electron chi connectivity index (χ0n) is 3.18. The Kier molecular flexibility index (Phi) is 22.1. The summed E-state index contributed by atoms with van der Waals surface area (Å²) in [7, 11) is 0. The number of hydrogen-bond acceptors (Lipinski definition) is 1. The first-order valence-corrected chi connectivity index (χ1v) is 1.19. The first-order chi connectivity index (χ1) is 2.27. The molecule has 0 saturated carbocycles. The van der Waals surface area contributed by atoms with Crippen LogP contribution < -0.4 is 5.73 Å². The summed E-state index contributed by atoms with van der Waals surface area (Å²) < 4.78 is 0. The summed E-state index contributed by atoms with van der Waals surface area (Å²) in [6, 6.07) is 0. The summed E-state index contributed by atoms with van der Waals surface area (Å²) in [5, 5.41) is 0. The Morgan fingerprint density at radius 1 is 1.71 bits per heavy atom. The van der Waals surface area contributed by atoms with E-state index in [9.17, 15) is 4.79 Å². The van der Waals surface area contributed by atoms with E-state index in [2.05, 4.69) is 12.3 Å². The maximum atomic E-state index is 9.47. The molecule has 2 N–H and O–H groups in total. The molecule has 0 fully saturated rings. The van der Waals surface area contributed by atoms with Gasteiger partial charge in [-0.05, 0) is 6.08 Å². The number of primary amides is 1. The van der Waals surface area contributed by atoms with Crippen LogP contribution >= 0.6 is 12.4 Å². The quantitative estimate of drug-likeness (QED) is 0.384. The summed E-state index contributed by atoms with van der Waals surface area (Å²) in [5.74, 6) is -0.481. The van der Waals surface area contributed by atoms with E-state index in [0.29, 0.717) is 0 Å². The van der Waals surface area contributed by atoms with Gasteiger partial charge in [0.2, 0.25) is 5.91 Å². The molecule has 0 heterocycles. The molecule has 0 aromatic carbocycles. The van der Waals surface area contributed by atoms with E-state index >= 15 is 0 Å². The third kappa shape index (κ3) is 20.1. The Morgan fingerprint density at radius 3 is 1.86 bits per heavy atom. The van der Waals surface area contributed by atoms with Gasteiger partial charge in [-0.3, -0.25) is 4.79 Å². The van der Waals surface area contributed by atoms with Gasteiger partial charge < -0.3 is 5.73 Å². The topological polar surface area (TPSA) is 43.1 Å². The fourth-order valence-corrected chi connectivity index (χ4v) is 0. The molecule has 0 radical (unpaired) electrons. The molecule has 0 aromatic heterocycles. The predicted octanol–water partition coefficient (Wildman–Crippen LogP) is -0.837. The molecular formula is C3H8CaClNO. The van der Waals surface area contributed by atoms with Crippen LogP contribution in [0.3, 0.4) is 0 Å². The van der Waals surface area contributed by atoms with Crippen LogP contribution in [0.15, 0.2) is 12.7 Å². The van der Waals surface area contributed by atoms with Crippen molar-refractivity contribution in [3.8, 4) is 0 Å². The molecule has 7 heavy (non-hydrogen) atoms. The average molecular weight is 150 g/mol. The van der Waals surface area contributed by atoms with Gasteiger partial charge in [0.15, 0.2) is 0 Å². The molecule has 0 rings (SSSR count). The molecule has 2 nitrogen and oxygen atoms in total. The van der Waals surface area contributed by atoms with Crippen molar-refractivity contribution in [3.05, 3.63) is 12.7 Å². The van der Waals surface area contributed by atoms with Crippen molar-refractivity contribution in [1.29, 1.82) is 0 Å². The number of rotatable bonds is 1. The summed E-state index contributed by atoms with van der Waals surface area (Å²) in [6.07, 6.45) is 1.06. The minimum atomic E-state index is -0.481. The van der Waals surface area contributed by atoms with Gasteiger partial charge in [-0.2, -0.15) is 0 Å². The summed E-state index contributed by atoms with van der Waals surface area (Å²) >= 11 is 0. The van der Waals surface area contributed by atoms with E-state index in [4.69, 9.17) is 0 Å². The number of carbonyl (C=O) groups is 1. The SMILES string of the molecule is C=CC(N)=O.Cl.[CaH2]. The maximum absolute atomic E-state index is 9.47. The van der Waals surface area contributed by atoms with Crippen molar-refractivity contribution in [3.63, 3.8) is 0 Å². The second-order valence-corrected chi connectivity index (χ2v) is 0.606. The van der Waals surface area contributed by atoms with Crippen molar-refractivity contribution >= 4 is 56.1 Å². The summed E-state index contributed by atoms with van der Waals surface area (Å²) in [4.78, 5) is 9.47. The van der Waals surface area contributed by atoms with Gasteiger partial charge in [0.25, 0.3) is 0 Å². The van der Waals surface area contributed by atoms with Gasteiger partial charge >= 0.3 is 37.7 Å². The summed E-state index contributed by atoms with van der Waals surface area (Å²) in [5.41, 5.74) is 4.53. The second-order valence-electron chi connectivity index (χ2n) is 0.606. The molecule has 40 valence electrons. The number of carbonyl (C=O) groups excluding carboxylic acids is 1. The van der Waals surface area contributed by atoms with Crippen molar-refractivity contribution in [2.45, 2.75) is 0 Å². The standard InChI is InChI=1S/C3H5NO.Ca.ClH.2H/c1-2-3(4)5;;;;/h2H,1H2,(H2,4,5);;1H;;. The zero-order valence-corrected chi connectivity index (χ0v) is 3.99. The Bertz CT molecular complexity index is 66.0. The van der Waals surface area contributed by atoms with Gasteiger partial charge in [0, 0.05) is 0 Å². The molecule has 0 aliphatic rings. The molecule has 0 atom stereocenters. The van der Waals surface area contributed by atoms with Crippen LogP contribution in [0.25, 0.3) is 0 Å². The number of nitrogens with two attached hydrogens (primary N) is 1. The Balaban J connectivity index is -0.0000000800. The van der Waals surface area contributed by atoms with Gasteiger partial charge in [-0.1, -0.05) is 6.58 Å². The van der Waals surface area contributed by atoms with Gasteiger partial charge in [0.05, 0.1) is 0 Å². The van der Waals surface area contributed by atoms with Crippen LogP contribution in [0.5, 0.6) is 0 Å². The van der Waals surface area contributed by atoms with Crippen molar-refractivity contribution in [1.82, 2.24) is 0 Å². The third-order valence-corrected chi connectivity index (χ3v) is 0.201. The van der Waals surface area contributed by atoms with E-state index in [1.54, 1.807) is 0 Å². The van der Waals surface area contributed by atoms with Crippen LogP contribution in [0.2, 0.25) is 0 Å². The van der Waals surface area contributed by atoms with Crippen LogP contribution in [0.4, 0.5) is 0 Å². The van der Waals surface area contributed by atoms with Gasteiger partial charge in [-0.25, -0.2) is 0 Å². The predicted molar refractivity (Wildman–Crippen MR) is 35.2 cm³/mol.